The number of nitriles is 1. The summed E-state index contributed by atoms with van der Waals surface area (Å²) in [7, 11) is 0. The average molecular weight is 212 g/mol. The van der Waals surface area contributed by atoms with Crippen LogP contribution < -0.4 is 0 Å². The molecule has 2 rings (SSSR count). The van der Waals surface area contributed by atoms with Crippen LogP contribution in [0.1, 0.15) is 11.1 Å². The number of pyridine rings is 1. The zero-order chi connectivity index (χ0) is 11.5. The number of benzene rings is 1. The molecule has 0 N–H and O–H groups in total. The van der Waals surface area contributed by atoms with Gasteiger partial charge in [0.05, 0.1) is 11.6 Å². The lowest BCUT2D eigenvalue weighted by molar-refractivity contribution is 0.631. The Balaban J connectivity index is 2.65. The Morgan fingerprint density at radius 1 is 1.25 bits per heavy atom. The summed E-state index contributed by atoms with van der Waals surface area (Å²) in [5, 5.41) is 8.78. The minimum atomic E-state index is -0.338. The van der Waals surface area contributed by atoms with Crippen LogP contribution >= 0.6 is 0 Å². The third-order valence-corrected chi connectivity index (χ3v) is 2.42. The molecule has 0 saturated carbocycles. The lowest BCUT2D eigenvalue weighted by Gasteiger charge is -2.06. The lowest BCUT2D eigenvalue weighted by atomic mass is 10.0. The van der Waals surface area contributed by atoms with E-state index in [1.807, 2.05) is 19.1 Å². The molecule has 0 radical (unpaired) electrons. The molecule has 0 aliphatic rings. The minimum absolute atomic E-state index is 0.338. The minimum Gasteiger partial charge on any atom is -0.264 e. The highest BCUT2D eigenvalue weighted by molar-refractivity contribution is 5.68. The van der Waals surface area contributed by atoms with E-state index in [9.17, 15) is 4.39 Å². The molecule has 2 aromatic rings. The summed E-state index contributed by atoms with van der Waals surface area (Å²) in [6.07, 6.45) is 3.26. The molecular weight excluding hydrogens is 203 g/mol. The molecule has 0 bridgehead atoms. The van der Waals surface area contributed by atoms with Gasteiger partial charge in [0.15, 0.2) is 0 Å². The second-order valence-electron chi connectivity index (χ2n) is 3.50. The lowest BCUT2D eigenvalue weighted by Crippen LogP contribution is -1.90. The summed E-state index contributed by atoms with van der Waals surface area (Å²) >= 11 is 0. The standard InChI is InChI=1S/C13H9FN2/c1-9-4-5-16-8-12(9)11-6-10(7-15)2-3-13(11)14/h2-6,8H,1H3. The molecule has 2 nitrogen and oxygen atoms in total. The van der Waals surface area contributed by atoms with E-state index in [-0.39, 0.29) is 5.82 Å². The Morgan fingerprint density at radius 2 is 2.06 bits per heavy atom. The summed E-state index contributed by atoms with van der Waals surface area (Å²) in [6.45, 7) is 1.88. The van der Waals surface area contributed by atoms with E-state index < -0.39 is 0 Å². The smallest absolute Gasteiger partial charge is 0.131 e. The largest absolute Gasteiger partial charge is 0.264 e. The molecule has 16 heavy (non-hydrogen) atoms. The predicted octanol–water partition coefficient (Wildman–Crippen LogP) is 3.07. The van der Waals surface area contributed by atoms with Crippen LogP contribution in [0.25, 0.3) is 11.1 Å². The fourth-order valence-electron chi connectivity index (χ4n) is 1.55. The maximum atomic E-state index is 13.6. The molecule has 3 heteroatoms. The van der Waals surface area contributed by atoms with Crippen molar-refractivity contribution in [2.24, 2.45) is 0 Å². The Bertz CT molecular complexity index is 570. The van der Waals surface area contributed by atoms with Crippen LogP contribution in [0, 0.1) is 24.1 Å². The quantitative estimate of drug-likeness (QED) is 0.728. The molecular formula is C13H9FN2. The van der Waals surface area contributed by atoms with Crippen LogP contribution in [0.3, 0.4) is 0 Å². The molecule has 0 saturated heterocycles. The van der Waals surface area contributed by atoms with Crippen molar-refractivity contribution in [3.63, 3.8) is 0 Å². The number of aromatic nitrogens is 1. The van der Waals surface area contributed by atoms with Crippen molar-refractivity contribution in [3.05, 3.63) is 53.6 Å². The average Bonchev–Trinajstić information content (AvgIpc) is 2.31. The first-order chi connectivity index (χ1) is 7.72. The highest BCUT2D eigenvalue weighted by Gasteiger charge is 2.08. The van der Waals surface area contributed by atoms with E-state index in [1.54, 1.807) is 18.5 Å². The van der Waals surface area contributed by atoms with Crippen molar-refractivity contribution in [3.8, 4) is 17.2 Å². The van der Waals surface area contributed by atoms with Crippen molar-refractivity contribution in [1.82, 2.24) is 4.98 Å². The monoisotopic (exact) mass is 212 g/mol. The van der Waals surface area contributed by atoms with Crippen LogP contribution in [-0.4, -0.2) is 4.98 Å². The number of nitrogens with zero attached hydrogens (tertiary/aromatic N) is 2. The van der Waals surface area contributed by atoms with Crippen LogP contribution in [0.4, 0.5) is 4.39 Å². The molecule has 0 amide bonds. The van der Waals surface area contributed by atoms with E-state index in [0.29, 0.717) is 11.1 Å². The summed E-state index contributed by atoms with van der Waals surface area (Å²) in [6, 6.07) is 8.12. The van der Waals surface area contributed by atoms with Crippen molar-refractivity contribution >= 4 is 0 Å². The first kappa shape index (κ1) is 10.3. The SMILES string of the molecule is Cc1ccncc1-c1cc(C#N)ccc1F. The van der Waals surface area contributed by atoms with Gasteiger partial charge in [-0.1, -0.05) is 0 Å². The molecule has 0 atom stereocenters. The number of aryl methyl sites for hydroxylation is 1. The second kappa shape index (κ2) is 4.11. The summed E-state index contributed by atoms with van der Waals surface area (Å²) in [5.74, 6) is -0.338. The molecule has 1 aromatic carbocycles. The summed E-state index contributed by atoms with van der Waals surface area (Å²) in [5.41, 5.74) is 2.52. The van der Waals surface area contributed by atoms with Gasteiger partial charge in [-0.15, -0.1) is 0 Å². The molecule has 0 unspecified atom stereocenters. The zero-order valence-electron chi connectivity index (χ0n) is 8.74. The van der Waals surface area contributed by atoms with Crippen molar-refractivity contribution in [2.75, 3.05) is 0 Å². The van der Waals surface area contributed by atoms with Gasteiger partial charge < -0.3 is 0 Å². The van der Waals surface area contributed by atoms with Gasteiger partial charge in [0, 0.05) is 23.5 Å². The Labute approximate surface area is 93.0 Å². The number of hydrogen-bond acceptors (Lipinski definition) is 2. The third kappa shape index (κ3) is 1.78. The van der Waals surface area contributed by atoms with E-state index in [1.165, 1.54) is 12.1 Å². The number of rotatable bonds is 1. The topological polar surface area (TPSA) is 36.7 Å². The van der Waals surface area contributed by atoms with Gasteiger partial charge in [0.25, 0.3) is 0 Å². The van der Waals surface area contributed by atoms with E-state index in [4.69, 9.17) is 5.26 Å². The molecule has 0 spiro atoms. The van der Waals surface area contributed by atoms with Crippen molar-refractivity contribution < 1.29 is 4.39 Å². The Morgan fingerprint density at radius 3 is 2.75 bits per heavy atom. The van der Waals surface area contributed by atoms with Gasteiger partial charge in [-0.05, 0) is 36.8 Å². The van der Waals surface area contributed by atoms with Crippen LogP contribution in [0.5, 0.6) is 0 Å². The van der Waals surface area contributed by atoms with Gasteiger partial charge >= 0.3 is 0 Å². The fraction of sp³-hybridized carbons (Fsp3) is 0.0769. The number of halogens is 1. The normalized spacial score (nSPS) is 9.81. The Kier molecular flexibility index (Phi) is 2.65. The summed E-state index contributed by atoms with van der Waals surface area (Å²) < 4.78 is 13.6. The van der Waals surface area contributed by atoms with Gasteiger partial charge in [0.1, 0.15) is 5.82 Å². The highest BCUT2D eigenvalue weighted by Crippen LogP contribution is 2.25. The maximum Gasteiger partial charge on any atom is 0.131 e. The van der Waals surface area contributed by atoms with Gasteiger partial charge in [0.2, 0.25) is 0 Å². The predicted molar refractivity (Wildman–Crippen MR) is 59.1 cm³/mol. The second-order valence-corrected chi connectivity index (χ2v) is 3.50. The van der Waals surface area contributed by atoms with Gasteiger partial charge in [-0.25, -0.2) is 4.39 Å². The van der Waals surface area contributed by atoms with E-state index in [0.717, 1.165) is 11.1 Å². The van der Waals surface area contributed by atoms with Crippen molar-refractivity contribution in [2.45, 2.75) is 6.92 Å². The Hall–Kier alpha value is -2.21. The molecule has 78 valence electrons. The molecule has 0 aliphatic heterocycles. The number of hydrogen-bond donors (Lipinski definition) is 0. The van der Waals surface area contributed by atoms with Crippen LogP contribution in [0.15, 0.2) is 36.7 Å². The first-order valence-corrected chi connectivity index (χ1v) is 4.83. The van der Waals surface area contributed by atoms with E-state index in [2.05, 4.69) is 4.98 Å². The van der Waals surface area contributed by atoms with Crippen molar-refractivity contribution in [1.29, 1.82) is 5.26 Å². The fourth-order valence-corrected chi connectivity index (χ4v) is 1.55. The van der Waals surface area contributed by atoms with Crippen LogP contribution in [-0.2, 0) is 0 Å². The van der Waals surface area contributed by atoms with E-state index >= 15 is 0 Å². The van der Waals surface area contributed by atoms with Gasteiger partial charge in [-0.3, -0.25) is 4.98 Å². The molecule has 0 fully saturated rings. The van der Waals surface area contributed by atoms with Crippen LogP contribution in [0.2, 0.25) is 0 Å². The first-order valence-electron chi connectivity index (χ1n) is 4.83. The molecule has 1 heterocycles. The van der Waals surface area contributed by atoms with Gasteiger partial charge in [-0.2, -0.15) is 5.26 Å². The maximum absolute atomic E-state index is 13.6. The molecule has 1 aromatic heterocycles. The molecule has 0 aliphatic carbocycles. The third-order valence-electron chi connectivity index (χ3n) is 2.42. The highest BCUT2D eigenvalue weighted by atomic mass is 19.1. The zero-order valence-corrected chi connectivity index (χ0v) is 8.74. The summed E-state index contributed by atoms with van der Waals surface area (Å²) in [4.78, 5) is 3.97.